The number of carbonyl (C=O) groups is 2. The Morgan fingerprint density at radius 2 is 2.31 bits per heavy atom. The second-order valence-electron chi connectivity index (χ2n) is 4.75. The van der Waals surface area contributed by atoms with Crippen molar-refractivity contribution in [2.45, 2.75) is 30.4 Å². The lowest BCUT2D eigenvalue weighted by atomic mass is 9.84. The number of nitrogens with zero attached hydrogens (tertiary/aromatic N) is 1. The summed E-state index contributed by atoms with van der Waals surface area (Å²) in [5, 5.41) is 8.89. The number of aliphatic carboxylic acids is 1. The van der Waals surface area contributed by atoms with Gasteiger partial charge in [0.25, 0.3) is 0 Å². The second kappa shape index (κ2) is 4.28. The van der Waals surface area contributed by atoms with E-state index in [0.717, 1.165) is 19.4 Å². The molecule has 1 unspecified atom stereocenters. The predicted molar refractivity (Wildman–Crippen MR) is 62.4 cm³/mol. The summed E-state index contributed by atoms with van der Waals surface area (Å²) in [6.45, 7) is 1.13. The molecule has 0 spiro atoms. The van der Waals surface area contributed by atoms with Crippen molar-refractivity contribution in [2.24, 2.45) is 5.92 Å². The second-order valence-corrected chi connectivity index (χ2v) is 6.03. The summed E-state index contributed by atoms with van der Waals surface area (Å²) in [5.41, 5.74) is 0. The third-order valence-electron chi connectivity index (χ3n) is 3.74. The quantitative estimate of drug-likeness (QED) is 0.806. The van der Waals surface area contributed by atoms with E-state index < -0.39 is 11.9 Å². The van der Waals surface area contributed by atoms with Crippen molar-refractivity contribution in [3.05, 3.63) is 0 Å². The van der Waals surface area contributed by atoms with Crippen molar-refractivity contribution in [1.82, 2.24) is 4.90 Å². The highest BCUT2D eigenvalue weighted by molar-refractivity contribution is 8.00. The SMILES string of the molecule is CSC1(CN2CC(C(=O)O)CC2=O)CCC1. The van der Waals surface area contributed by atoms with Gasteiger partial charge in [0.15, 0.2) is 0 Å². The summed E-state index contributed by atoms with van der Waals surface area (Å²) < 4.78 is 0.211. The van der Waals surface area contributed by atoms with E-state index in [1.54, 1.807) is 4.90 Å². The van der Waals surface area contributed by atoms with Crippen molar-refractivity contribution in [3.63, 3.8) is 0 Å². The lowest BCUT2D eigenvalue weighted by Gasteiger charge is -2.43. The zero-order valence-corrected chi connectivity index (χ0v) is 10.3. The number of amides is 1. The predicted octanol–water partition coefficient (Wildman–Crippen LogP) is 1.21. The minimum absolute atomic E-state index is 0.00715. The van der Waals surface area contributed by atoms with E-state index in [-0.39, 0.29) is 17.1 Å². The molecule has 5 heteroatoms. The fourth-order valence-corrected chi connectivity index (χ4v) is 3.42. The molecule has 1 saturated carbocycles. The van der Waals surface area contributed by atoms with Crippen LogP contribution in [0.15, 0.2) is 0 Å². The molecule has 0 radical (unpaired) electrons. The Morgan fingerprint density at radius 1 is 1.62 bits per heavy atom. The average Bonchev–Trinajstić information content (AvgIpc) is 2.54. The largest absolute Gasteiger partial charge is 0.481 e. The molecule has 1 amide bonds. The Kier molecular flexibility index (Phi) is 3.15. The highest BCUT2D eigenvalue weighted by atomic mass is 32.2. The zero-order chi connectivity index (χ0) is 11.8. The molecule has 0 aromatic carbocycles. The first-order valence-electron chi connectivity index (χ1n) is 5.62. The van der Waals surface area contributed by atoms with Crippen LogP contribution in [0.1, 0.15) is 25.7 Å². The van der Waals surface area contributed by atoms with Crippen LogP contribution in [-0.4, -0.2) is 46.0 Å². The lowest BCUT2D eigenvalue weighted by molar-refractivity contribution is -0.141. The van der Waals surface area contributed by atoms with E-state index in [4.69, 9.17) is 5.11 Å². The number of carboxylic acids is 1. The molecule has 4 nitrogen and oxygen atoms in total. The Balaban J connectivity index is 1.95. The van der Waals surface area contributed by atoms with Gasteiger partial charge in [-0.15, -0.1) is 0 Å². The van der Waals surface area contributed by atoms with E-state index in [1.807, 2.05) is 11.8 Å². The van der Waals surface area contributed by atoms with Gasteiger partial charge in [-0.05, 0) is 19.1 Å². The molecule has 0 aromatic rings. The van der Waals surface area contributed by atoms with E-state index in [0.29, 0.717) is 6.54 Å². The first-order valence-corrected chi connectivity index (χ1v) is 6.84. The number of thioether (sulfide) groups is 1. The van der Waals surface area contributed by atoms with Gasteiger partial charge in [-0.3, -0.25) is 9.59 Å². The highest BCUT2D eigenvalue weighted by Crippen LogP contribution is 2.44. The molecule has 1 aliphatic heterocycles. The van der Waals surface area contributed by atoms with E-state index in [2.05, 4.69) is 6.26 Å². The molecule has 16 heavy (non-hydrogen) atoms. The topological polar surface area (TPSA) is 57.6 Å². The molecule has 1 atom stereocenters. The maximum absolute atomic E-state index is 11.7. The molecule has 1 aliphatic carbocycles. The van der Waals surface area contributed by atoms with E-state index in [1.165, 1.54) is 6.42 Å². The molecule has 1 saturated heterocycles. The molecular formula is C11H17NO3S. The van der Waals surface area contributed by atoms with Gasteiger partial charge < -0.3 is 10.0 Å². The molecule has 0 bridgehead atoms. The fourth-order valence-electron chi connectivity index (χ4n) is 2.44. The monoisotopic (exact) mass is 243 g/mol. The number of hydrogen-bond acceptors (Lipinski definition) is 3. The normalized spacial score (nSPS) is 27.9. The fraction of sp³-hybridized carbons (Fsp3) is 0.818. The smallest absolute Gasteiger partial charge is 0.308 e. The number of hydrogen-bond donors (Lipinski definition) is 1. The standard InChI is InChI=1S/C11H17NO3S/c1-16-11(3-2-4-11)7-12-6-8(10(14)15)5-9(12)13/h8H,2-7H2,1H3,(H,14,15). The summed E-state index contributed by atoms with van der Waals surface area (Å²) in [7, 11) is 0. The van der Waals surface area contributed by atoms with Crippen molar-refractivity contribution >= 4 is 23.6 Å². The Bertz CT molecular complexity index is 309. The molecule has 1 N–H and O–H groups in total. The Hall–Kier alpha value is -0.710. The van der Waals surface area contributed by atoms with Gasteiger partial charge >= 0.3 is 5.97 Å². The van der Waals surface area contributed by atoms with Crippen LogP contribution in [0.3, 0.4) is 0 Å². The number of carbonyl (C=O) groups excluding carboxylic acids is 1. The zero-order valence-electron chi connectivity index (χ0n) is 9.44. The van der Waals surface area contributed by atoms with Gasteiger partial charge in [0.05, 0.1) is 5.92 Å². The van der Waals surface area contributed by atoms with E-state index >= 15 is 0 Å². The van der Waals surface area contributed by atoms with Crippen molar-refractivity contribution in [1.29, 1.82) is 0 Å². The summed E-state index contributed by atoms with van der Waals surface area (Å²) in [6, 6.07) is 0. The van der Waals surface area contributed by atoms with Gasteiger partial charge in [0.1, 0.15) is 0 Å². The number of rotatable bonds is 4. The van der Waals surface area contributed by atoms with Crippen LogP contribution in [-0.2, 0) is 9.59 Å². The van der Waals surface area contributed by atoms with Crippen LogP contribution >= 0.6 is 11.8 Å². The minimum atomic E-state index is -0.845. The van der Waals surface area contributed by atoms with E-state index in [9.17, 15) is 9.59 Å². The maximum atomic E-state index is 11.7. The van der Waals surface area contributed by atoms with Gasteiger partial charge in [-0.2, -0.15) is 11.8 Å². The van der Waals surface area contributed by atoms with Gasteiger partial charge in [-0.1, -0.05) is 6.42 Å². The average molecular weight is 243 g/mol. The summed E-state index contributed by atoms with van der Waals surface area (Å²) in [5.74, 6) is -1.33. The van der Waals surface area contributed by atoms with Crippen LogP contribution in [0.5, 0.6) is 0 Å². The lowest BCUT2D eigenvalue weighted by Crippen LogP contribution is -2.46. The first kappa shape index (κ1) is 11.8. The van der Waals surface area contributed by atoms with Crippen LogP contribution < -0.4 is 0 Å². The van der Waals surface area contributed by atoms with Crippen molar-refractivity contribution in [2.75, 3.05) is 19.3 Å². The molecular weight excluding hydrogens is 226 g/mol. The number of carboxylic acid groups (broad SMARTS) is 1. The van der Waals surface area contributed by atoms with Gasteiger partial charge in [0.2, 0.25) is 5.91 Å². The third-order valence-corrected chi connectivity index (χ3v) is 5.14. The first-order chi connectivity index (χ1) is 7.56. The van der Waals surface area contributed by atoms with Crippen molar-refractivity contribution in [3.8, 4) is 0 Å². The van der Waals surface area contributed by atoms with Crippen LogP contribution in [0.4, 0.5) is 0 Å². The molecule has 2 fully saturated rings. The number of likely N-dealkylation sites (tertiary alicyclic amines) is 1. The molecule has 2 aliphatic rings. The molecule has 0 aromatic heterocycles. The molecule has 90 valence electrons. The summed E-state index contributed by atoms with van der Waals surface area (Å²) >= 11 is 1.82. The maximum Gasteiger partial charge on any atom is 0.308 e. The van der Waals surface area contributed by atoms with Crippen LogP contribution in [0.25, 0.3) is 0 Å². The van der Waals surface area contributed by atoms with Gasteiger partial charge in [-0.25, -0.2) is 0 Å². The van der Waals surface area contributed by atoms with Gasteiger partial charge in [0, 0.05) is 24.3 Å². The summed E-state index contributed by atoms with van der Waals surface area (Å²) in [6.07, 6.45) is 5.78. The summed E-state index contributed by atoms with van der Waals surface area (Å²) in [4.78, 5) is 24.2. The van der Waals surface area contributed by atoms with Crippen LogP contribution in [0, 0.1) is 5.92 Å². The minimum Gasteiger partial charge on any atom is -0.481 e. The third kappa shape index (κ3) is 2.05. The highest BCUT2D eigenvalue weighted by Gasteiger charge is 2.42. The Labute approximate surface area is 99.4 Å². The van der Waals surface area contributed by atoms with Crippen molar-refractivity contribution < 1.29 is 14.7 Å². The Morgan fingerprint density at radius 3 is 2.69 bits per heavy atom. The molecule has 2 rings (SSSR count). The molecule has 1 heterocycles. The van der Waals surface area contributed by atoms with Crippen LogP contribution in [0.2, 0.25) is 0 Å².